The number of phenols is 1. The number of benzene rings is 2. The van der Waals surface area contributed by atoms with Crippen LogP contribution < -0.4 is 15.8 Å². The Morgan fingerprint density at radius 1 is 1.37 bits per heavy atom. The summed E-state index contributed by atoms with van der Waals surface area (Å²) >= 11 is 3.28. The van der Waals surface area contributed by atoms with Crippen LogP contribution in [0, 0.1) is 6.92 Å². The van der Waals surface area contributed by atoms with Crippen LogP contribution in [0.1, 0.15) is 11.4 Å². The van der Waals surface area contributed by atoms with Gasteiger partial charge in [-0.05, 0) is 37.3 Å². The van der Waals surface area contributed by atoms with Crippen molar-refractivity contribution in [3.05, 3.63) is 68.7 Å². The van der Waals surface area contributed by atoms with Crippen LogP contribution in [-0.2, 0) is 4.79 Å². The summed E-state index contributed by atoms with van der Waals surface area (Å²) in [5.74, 6) is -0.217. The molecule has 3 rings (SSSR count). The Morgan fingerprint density at radius 3 is 2.96 bits per heavy atom. The third-order valence-electron chi connectivity index (χ3n) is 3.60. The van der Waals surface area contributed by atoms with Crippen LogP contribution in [0.3, 0.4) is 0 Å². The van der Waals surface area contributed by atoms with Crippen LogP contribution >= 0.6 is 15.9 Å². The molecule has 0 unspecified atom stereocenters. The maximum Gasteiger partial charge on any atom is 0.294 e. The first-order valence-corrected chi connectivity index (χ1v) is 8.67. The molecular formula is C18H15BrN4O4. The van der Waals surface area contributed by atoms with Gasteiger partial charge in [-0.2, -0.15) is 5.10 Å². The molecule has 1 amide bonds. The molecule has 0 bridgehead atoms. The molecule has 0 aliphatic heterocycles. The second kappa shape index (κ2) is 8.00. The molecule has 8 nitrogen and oxygen atoms in total. The number of fused-ring (bicyclic) bond motifs is 1. The van der Waals surface area contributed by atoms with E-state index >= 15 is 0 Å². The first-order chi connectivity index (χ1) is 13.0. The molecule has 0 fully saturated rings. The molecule has 1 aromatic heterocycles. The van der Waals surface area contributed by atoms with Gasteiger partial charge in [0, 0.05) is 10.0 Å². The minimum Gasteiger partial charge on any atom is -0.507 e. The lowest BCUT2D eigenvalue weighted by molar-refractivity contribution is -0.126. The quantitative estimate of drug-likeness (QED) is 0.473. The van der Waals surface area contributed by atoms with Crippen molar-refractivity contribution in [1.29, 1.82) is 0 Å². The first-order valence-electron chi connectivity index (χ1n) is 7.88. The Morgan fingerprint density at radius 2 is 2.15 bits per heavy atom. The van der Waals surface area contributed by atoms with Crippen LogP contribution in [0.15, 0.2) is 56.8 Å². The molecule has 0 radical (unpaired) electrons. The van der Waals surface area contributed by atoms with Crippen molar-refractivity contribution >= 4 is 39.0 Å². The van der Waals surface area contributed by atoms with Gasteiger partial charge in [-0.3, -0.25) is 9.59 Å². The van der Waals surface area contributed by atoms with E-state index in [1.807, 2.05) is 0 Å². The van der Waals surface area contributed by atoms with Gasteiger partial charge in [-0.1, -0.05) is 28.1 Å². The number of hydrogen-bond donors (Lipinski definition) is 2. The third-order valence-corrected chi connectivity index (χ3v) is 4.10. The Hall–Kier alpha value is -3.20. The highest BCUT2D eigenvalue weighted by atomic mass is 79.9. The van der Waals surface area contributed by atoms with Gasteiger partial charge in [-0.25, -0.2) is 10.4 Å². The molecule has 9 heteroatoms. The number of amides is 1. The summed E-state index contributed by atoms with van der Waals surface area (Å²) < 4.78 is 1.74. The van der Waals surface area contributed by atoms with Crippen molar-refractivity contribution in [3.8, 4) is 5.75 Å². The molecule has 0 saturated carbocycles. The molecule has 0 aliphatic rings. The van der Waals surface area contributed by atoms with Crippen LogP contribution in [0.25, 0.3) is 10.9 Å². The molecule has 0 saturated heterocycles. The number of nitrogens with zero attached hydrogens (tertiary/aromatic N) is 3. The van der Waals surface area contributed by atoms with Gasteiger partial charge in [0.25, 0.3) is 11.5 Å². The van der Waals surface area contributed by atoms with Crippen LogP contribution in [0.5, 0.6) is 5.75 Å². The van der Waals surface area contributed by atoms with Gasteiger partial charge in [0.2, 0.25) is 0 Å². The van der Waals surface area contributed by atoms with E-state index in [-0.39, 0.29) is 5.75 Å². The van der Waals surface area contributed by atoms with Crippen molar-refractivity contribution in [2.24, 2.45) is 5.10 Å². The molecule has 3 aromatic rings. The number of halogens is 1. The molecule has 0 aliphatic carbocycles. The maximum absolute atomic E-state index is 12.4. The molecule has 27 heavy (non-hydrogen) atoms. The molecular weight excluding hydrogens is 416 g/mol. The van der Waals surface area contributed by atoms with E-state index in [0.29, 0.717) is 22.3 Å². The largest absolute Gasteiger partial charge is 0.507 e. The van der Waals surface area contributed by atoms with E-state index < -0.39 is 18.1 Å². The van der Waals surface area contributed by atoms with E-state index in [2.05, 4.69) is 31.4 Å². The van der Waals surface area contributed by atoms with Crippen molar-refractivity contribution in [2.45, 2.75) is 6.92 Å². The standard InChI is InChI=1S/C18H15BrN4O4/c1-11-21-15-5-3-2-4-14(15)18(26)23(11)27-10-17(25)22-20-9-12-8-13(19)6-7-16(12)24/h2-9,24H,10H2,1H3,(H,22,25)/b20-9+. The minimum absolute atomic E-state index is 0.0249. The van der Waals surface area contributed by atoms with Crippen LogP contribution in [0.2, 0.25) is 0 Å². The highest BCUT2D eigenvalue weighted by molar-refractivity contribution is 9.10. The molecule has 2 N–H and O–H groups in total. The van der Waals surface area contributed by atoms with Crippen molar-refractivity contribution in [1.82, 2.24) is 15.1 Å². The van der Waals surface area contributed by atoms with E-state index in [1.54, 1.807) is 43.3 Å². The normalized spacial score (nSPS) is 11.0. The lowest BCUT2D eigenvalue weighted by Crippen LogP contribution is -2.35. The number of aryl methyl sites for hydroxylation is 1. The number of carbonyl (C=O) groups is 1. The summed E-state index contributed by atoms with van der Waals surface area (Å²) in [5.41, 5.74) is 2.86. The first kappa shape index (κ1) is 18.6. The molecule has 138 valence electrons. The summed E-state index contributed by atoms with van der Waals surface area (Å²) in [7, 11) is 0. The van der Waals surface area contributed by atoms with Gasteiger partial charge >= 0.3 is 0 Å². The summed E-state index contributed by atoms with van der Waals surface area (Å²) in [4.78, 5) is 33.9. The Labute approximate surface area is 162 Å². The van der Waals surface area contributed by atoms with Crippen LogP contribution in [-0.4, -0.2) is 33.5 Å². The lowest BCUT2D eigenvalue weighted by Gasteiger charge is -2.11. The molecule has 1 heterocycles. The fourth-order valence-electron chi connectivity index (χ4n) is 2.34. The predicted molar refractivity (Wildman–Crippen MR) is 104 cm³/mol. The van der Waals surface area contributed by atoms with Gasteiger partial charge in [0.1, 0.15) is 11.6 Å². The SMILES string of the molecule is Cc1nc2ccccc2c(=O)n1OCC(=O)N/N=C/c1cc(Br)ccc1O. The number of hydrogen-bond acceptors (Lipinski definition) is 6. The summed E-state index contributed by atoms with van der Waals surface area (Å²) in [5, 5.41) is 13.9. The third kappa shape index (κ3) is 4.32. The zero-order chi connectivity index (χ0) is 19.4. The van der Waals surface area contributed by atoms with Crippen molar-refractivity contribution in [2.75, 3.05) is 6.61 Å². The van der Waals surface area contributed by atoms with E-state index in [4.69, 9.17) is 4.84 Å². The lowest BCUT2D eigenvalue weighted by atomic mass is 10.2. The zero-order valence-corrected chi connectivity index (χ0v) is 15.8. The fraction of sp³-hybridized carbons (Fsp3) is 0.111. The molecule has 2 aromatic carbocycles. The second-order valence-corrected chi connectivity index (χ2v) is 6.46. The summed E-state index contributed by atoms with van der Waals surface area (Å²) in [6, 6.07) is 11.7. The number of carbonyl (C=O) groups excluding carboxylic acids is 1. The molecule has 0 spiro atoms. The number of aromatic hydroxyl groups is 1. The number of nitrogens with one attached hydrogen (secondary N) is 1. The number of para-hydroxylation sites is 1. The van der Waals surface area contributed by atoms with Gasteiger partial charge in [-0.15, -0.1) is 4.73 Å². The van der Waals surface area contributed by atoms with Crippen LogP contribution in [0.4, 0.5) is 0 Å². The number of aromatic nitrogens is 2. The van der Waals surface area contributed by atoms with Crippen molar-refractivity contribution in [3.63, 3.8) is 0 Å². The van der Waals surface area contributed by atoms with Crippen molar-refractivity contribution < 1.29 is 14.7 Å². The van der Waals surface area contributed by atoms with Gasteiger partial charge in [0.05, 0.1) is 17.1 Å². The Bertz CT molecular complexity index is 1090. The predicted octanol–water partition coefficient (Wildman–Crippen LogP) is 1.75. The smallest absolute Gasteiger partial charge is 0.294 e. The number of phenolic OH excluding ortho intramolecular Hbond substituents is 1. The monoisotopic (exact) mass is 430 g/mol. The van der Waals surface area contributed by atoms with Gasteiger partial charge in [0.15, 0.2) is 6.61 Å². The summed E-state index contributed by atoms with van der Waals surface area (Å²) in [6.45, 7) is 1.18. The van der Waals surface area contributed by atoms with E-state index in [0.717, 1.165) is 9.20 Å². The Kier molecular flexibility index (Phi) is 5.51. The molecule has 0 atom stereocenters. The fourth-order valence-corrected chi connectivity index (χ4v) is 2.72. The second-order valence-electron chi connectivity index (χ2n) is 5.55. The number of hydrazone groups is 1. The maximum atomic E-state index is 12.4. The number of rotatable bonds is 5. The topological polar surface area (TPSA) is 106 Å². The zero-order valence-electron chi connectivity index (χ0n) is 14.2. The van der Waals surface area contributed by atoms with E-state index in [1.165, 1.54) is 12.3 Å². The highest BCUT2D eigenvalue weighted by Gasteiger charge is 2.10. The average molecular weight is 431 g/mol. The highest BCUT2D eigenvalue weighted by Crippen LogP contribution is 2.19. The van der Waals surface area contributed by atoms with E-state index in [9.17, 15) is 14.7 Å². The average Bonchev–Trinajstić information content (AvgIpc) is 2.64. The summed E-state index contributed by atoms with van der Waals surface area (Å²) in [6.07, 6.45) is 1.30. The minimum atomic E-state index is -0.569. The Balaban J connectivity index is 1.66. The van der Waals surface area contributed by atoms with Gasteiger partial charge < -0.3 is 9.94 Å².